The number of hydrogen-bond donors (Lipinski definition) is 0. The van der Waals surface area contributed by atoms with Gasteiger partial charge in [-0.15, -0.1) is 0 Å². The van der Waals surface area contributed by atoms with Crippen LogP contribution in [0.5, 0.6) is 0 Å². The molecule has 1 N–H and O–H groups in total. The molecule has 4 rings (SSSR count). The third-order valence-corrected chi connectivity index (χ3v) is 9.01. The second kappa shape index (κ2) is 23.3. The van der Waals surface area contributed by atoms with Gasteiger partial charge in [-0.05, 0) is 67.0 Å². The topological polar surface area (TPSA) is 112 Å². The van der Waals surface area contributed by atoms with E-state index in [1.807, 2.05) is 49.3 Å². The van der Waals surface area contributed by atoms with Crippen molar-refractivity contribution in [2.75, 3.05) is 14.1 Å². The van der Waals surface area contributed by atoms with Gasteiger partial charge < -0.3 is 10.0 Å². The van der Waals surface area contributed by atoms with Crippen LogP contribution >= 0.6 is 0 Å². The molecule has 0 radical (unpaired) electrons. The van der Waals surface area contributed by atoms with E-state index in [0.717, 1.165) is 5.56 Å². The fourth-order valence-corrected chi connectivity index (χ4v) is 6.29. The van der Waals surface area contributed by atoms with Crippen LogP contribution in [0.15, 0.2) is 114 Å². The second-order valence-electron chi connectivity index (χ2n) is 12.7. The first kappa shape index (κ1) is 48.6. The van der Waals surface area contributed by atoms with Crippen LogP contribution in [0.2, 0.25) is 0 Å². The average Bonchev–Trinajstić information content (AvgIpc) is 3.02. The van der Waals surface area contributed by atoms with Crippen molar-refractivity contribution in [3.05, 3.63) is 137 Å². The molecule has 0 spiro atoms. The Labute approximate surface area is 345 Å². The van der Waals surface area contributed by atoms with Crippen LogP contribution < -0.4 is 59.1 Å². The number of hydrogen-bond acceptors (Lipinski definition) is 8. The Kier molecular flexibility index (Phi) is 22.6. The summed E-state index contributed by atoms with van der Waals surface area (Å²) in [6.45, 7) is 14.8. The molecular formula is C39H52N2Na2O6S. The monoisotopic (exact) mass is 722 g/mol. The molecule has 0 aliphatic rings. The molecule has 0 heterocycles. The van der Waals surface area contributed by atoms with Gasteiger partial charge in [0.2, 0.25) is 0 Å². The van der Waals surface area contributed by atoms with E-state index >= 15 is 0 Å². The Morgan fingerprint density at radius 1 is 0.540 bits per heavy atom. The maximum atomic E-state index is 11.0. The van der Waals surface area contributed by atoms with Gasteiger partial charge in [0.25, 0.3) is 0 Å². The van der Waals surface area contributed by atoms with Gasteiger partial charge in [-0.1, -0.05) is 130 Å². The van der Waals surface area contributed by atoms with Crippen molar-refractivity contribution >= 4 is 10.1 Å². The quantitative estimate of drug-likeness (QED) is 0.118. The molecule has 4 aromatic carbocycles. The summed E-state index contributed by atoms with van der Waals surface area (Å²) in [5.74, 6) is 0.810. The largest absolute Gasteiger partial charge is 1.00 e. The first-order valence-corrected chi connectivity index (χ1v) is 17.6. The molecule has 11 heteroatoms. The van der Waals surface area contributed by atoms with E-state index in [1.54, 1.807) is 12.1 Å². The summed E-state index contributed by atoms with van der Waals surface area (Å²) in [6, 6.07) is 35.4. The number of rotatable bonds is 13. The van der Waals surface area contributed by atoms with Gasteiger partial charge in [0.1, 0.15) is 22.3 Å². The molecule has 0 saturated carbocycles. The van der Waals surface area contributed by atoms with E-state index in [2.05, 4.69) is 108 Å². The average molecular weight is 723 g/mol. The molecule has 8 nitrogen and oxygen atoms in total. The van der Waals surface area contributed by atoms with Crippen molar-refractivity contribution in [3.63, 3.8) is 0 Å². The maximum absolute atomic E-state index is 11.0. The van der Waals surface area contributed by atoms with Crippen molar-refractivity contribution in [1.82, 2.24) is 10.1 Å². The molecule has 0 aromatic heterocycles. The van der Waals surface area contributed by atoms with Gasteiger partial charge in [-0.3, -0.25) is 9.68 Å². The molecule has 50 heavy (non-hydrogen) atoms. The molecule has 0 aliphatic heterocycles. The van der Waals surface area contributed by atoms with Gasteiger partial charge in [0.05, 0.1) is 17.0 Å². The standard InChI is InChI=1S/C20H27NO.C19H25NO4S.2Na.H2O/c1-15(2)20(19-9-7-6-8-10-19)21(5)22-17(4)18-13-11-16(3)12-14-18;1-14(2)19(17-8-6-5-7-9-17)20(4)24-15(3)16-10-12-18(13-11-16)25(21,22)23;;;/h6-15,17,20H,1-5H3;5-15,19H,1-4H3,(H,21,22,23);;;1H2/q;;2*+1;/p-2. The zero-order valence-electron chi connectivity index (χ0n) is 31.6. The predicted molar refractivity (Wildman–Crippen MR) is 190 cm³/mol. The van der Waals surface area contributed by atoms with Crippen molar-refractivity contribution < 1.29 is 87.2 Å². The fraction of sp³-hybridized carbons (Fsp3) is 0.385. The number of nitrogens with zero attached hydrogens (tertiary/aromatic N) is 2. The zero-order chi connectivity index (χ0) is 34.7. The van der Waals surface area contributed by atoms with E-state index < -0.39 is 10.1 Å². The molecular weight excluding hydrogens is 670 g/mol. The number of hydroxylamine groups is 4. The van der Waals surface area contributed by atoms with Gasteiger partial charge in [-0.2, -0.15) is 10.1 Å². The summed E-state index contributed by atoms with van der Waals surface area (Å²) in [5, 5.41) is 3.84. The minimum atomic E-state index is -4.43. The molecule has 262 valence electrons. The minimum absolute atomic E-state index is 0. The van der Waals surface area contributed by atoms with Crippen LogP contribution in [0, 0.1) is 18.8 Å². The molecule has 4 atom stereocenters. The van der Waals surface area contributed by atoms with E-state index in [9.17, 15) is 13.0 Å². The second-order valence-corrected chi connectivity index (χ2v) is 14.1. The van der Waals surface area contributed by atoms with Crippen LogP contribution in [0.1, 0.15) is 93.7 Å². The predicted octanol–water partition coefficient (Wildman–Crippen LogP) is 3.06. The Hall–Kier alpha value is -1.41. The van der Waals surface area contributed by atoms with E-state index in [1.165, 1.54) is 34.4 Å². The van der Waals surface area contributed by atoms with Crippen LogP contribution in [-0.2, 0) is 19.8 Å². The Bertz CT molecular complexity index is 1590. The summed E-state index contributed by atoms with van der Waals surface area (Å²) in [5.41, 5.74) is 5.73. The molecule has 4 unspecified atom stereocenters. The smallest absolute Gasteiger partial charge is 0.870 e. The van der Waals surface area contributed by atoms with Crippen molar-refractivity contribution in [2.24, 2.45) is 11.8 Å². The molecule has 0 aliphatic carbocycles. The van der Waals surface area contributed by atoms with Crippen LogP contribution in [0.3, 0.4) is 0 Å². The van der Waals surface area contributed by atoms with Gasteiger partial charge >= 0.3 is 59.1 Å². The fourth-order valence-electron chi connectivity index (χ4n) is 5.82. The Morgan fingerprint density at radius 2 is 0.860 bits per heavy atom. The summed E-state index contributed by atoms with van der Waals surface area (Å²) in [7, 11) is -0.507. The van der Waals surface area contributed by atoms with Crippen molar-refractivity contribution in [1.29, 1.82) is 0 Å². The van der Waals surface area contributed by atoms with E-state index in [4.69, 9.17) is 9.68 Å². The molecule has 0 fully saturated rings. The van der Waals surface area contributed by atoms with Crippen LogP contribution in [0.4, 0.5) is 0 Å². The first-order valence-electron chi connectivity index (χ1n) is 16.2. The summed E-state index contributed by atoms with van der Waals surface area (Å²) in [6.07, 6.45) is -0.242. The van der Waals surface area contributed by atoms with Crippen LogP contribution in [0.25, 0.3) is 0 Å². The molecule has 0 amide bonds. The Morgan fingerprint density at radius 3 is 1.16 bits per heavy atom. The molecule has 0 saturated heterocycles. The normalized spacial score (nSPS) is 13.6. The molecule has 4 aromatic rings. The number of benzene rings is 4. The van der Waals surface area contributed by atoms with Crippen molar-refractivity contribution in [2.45, 2.75) is 77.7 Å². The summed E-state index contributed by atoms with van der Waals surface area (Å²) >= 11 is 0. The maximum Gasteiger partial charge on any atom is 1.00 e. The Balaban J connectivity index is 0.000000912. The van der Waals surface area contributed by atoms with Crippen LogP contribution in [-0.4, -0.2) is 42.7 Å². The van der Waals surface area contributed by atoms with Crippen molar-refractivity contribution in [3.8, 4) is 0 Å². The van der Waals surface area contributed by atoms with Gasteiger partial charge in [-0.25, -0.2) is 8.42 Å². The van der Waals surface area contributed by atoms with E-state index in [0.29, 0.717) is 11.8 Å². The minimum Gasteiger partial charge on any atom is -0.870 e. The number of aryl methyl sites for hydroxylation is 1. The van der Waals surface area contributed by atoms with E-state index in [-0.39, 0.29) is 93.8 Å². The summed E-state index contributed by atoms with van der Waals surface area (Å²) < 4.78 is 33.1. The zero-order valence-corrected chi connectivity index (χ0v) is 36.5. The third-order valence-electron chi connectivity index (χ3n) is 8.16. The van der Waals surface area contributed by atoms with Gasteiger partial charge in [0.15, 0.2) is 0 Å². The molecule has 0 bridgehead atoms. The SMILES string of the molecule is CC(ON(C)C(c1ccccc1)C(C)C)c1ccc(S(=O)(=O)[O-])cc1.Cc1ccc(C(C)ON(C)C(c2ccccc2)C(C)C)cc1.[Na+].[Na+].[OH-]. The first-order chi connectivity index (χ1) is 22.2. The van der Waals surface area contributed by atoms with Gasteiger partial charge in [0, 0.05) is 14.1 Å². The summed E-state index contributed by atoms with van der Waals surface area (Å²) in [4.78, 5) is 12.0. The third kappa shape index (κ3) is 14.9.